The Morgan fingerprint density at radius 1 is 1.27 bits per heavy atom. The van der Waals surface area contributed by atoms with Crippen LogP contribution in [0.5, 0.6) is 0 Å². The van der Waals surface area contributed by atoms with Crippen molar-refractivity contribution in [2.45, 2.75) is 58.2 Å². The molecule has 8 heteroatoms. The molecule has 1 fully saturated rings. The predicted octanol–water partition coefficient (Wildman–Crippen LogP) is 2.56. The summed E-state index contributed by atoms with van der Waals surface area (Å²) in [5.74, 6) is 0.0222. The van der Waals surface area contributed by atoms with E-state index in [0.717, 1.165) is 11.8 Å². The Kier molecular flexibility index (Phi) is 5.22. The number of aliphatic hydroxyl groups is 1. The number of aliphatic hydroxyl groups excluding tert-OH is 1. The van der Waals surface area contributed by atoms with Crippen LogP contribution >= 0.6 is 0 Å². The smallest absolute Gasteiger partial charge is 0.306 e. The molecule has 3 rings (SSSR count). The van der Waals surface area contributed by atoms with E-state index in [1.807, 2.05) is 13.8 Å². The largest absolute Gasteiger partial charge is 0.481 e. The zero-order valence-electron chi connectivity index (χ0n) is 15.2. The summed E-state index contributed by atoms with van der Waals surface area (Å²) in [7, 11) is 0. The van der Waals surface area contributed by atoms with Crippen molar-refractivity contribution in [3.63, 3.8) is 0 Å². The number of anilines is 2. The molecule has 140 valence electrons. The highest BCUT2D eigenvalue weighted by Crippen LogP contribution is 2.29. The van der Waals surface area contributed by atoms with Gasteiger partial charge in [-0.15, -0.1) is 0 Å². The zero-order chi connectivity index (χ0) is 18.8. The average molecular weight is 359 g/mol. The number of fused-ring (bicyclic) bond motifs is 1. The second-order valence-electron chi connectivity index (χ2n) is 7.19. The van der Waals surface area contributed by atoms with Crippen LogP contribution in [0.15, 0.2) is 12.3 Å². The van der Waals surface area contributed by atoms with Gasteiger partial charge in [0.15, 0.2) is 5.82 Å². The van der Waals surface area contributed by atoms with Crippen molar-refractivity contribution in [1.82, 2.24) is 15.0 Å². The average Bonchev–Trinajstić information content (AvgIpc) is 3.03. The van der Waals surface area contributed by atoms with Gasteiger partial charge in [0.05, 0.1) is 17.7 Å². The van der Waals surface area contributed by atoms with Gasteiger partial charge in [0, 0.05) is 23.7 Å². The number of carboxylic acids is 1. The van der Waals surface area contributed by atoms with Gasteiger partial charge >= 0.3 is 5.97 Å². The maximum atomic E-state index is 11.1. The van der Waals surface area contributed by atoms with Crippen LogP contribution in [0.25, 0.3) is 10.9 Å². The van der Waals surface area contributed by atoms with Crippen LogP contribution in [0.3, 0.4) is 0 Å². The fourth-order valence-electron chi connectivity index (χ4n) is 3.24. The van der Waals surface area contributed by atoms with E-state index in [2.05, 4.69) is 25.6 Å². The molecule has 2 heterocycles. The second kappa shape index (κ2) is 7.41. The molecular formula is C18H25N5O3. The molecule has 0 spiro atoms. The maximum absolute atomic E-state index is 11.1. The molecule has 0 unspecified atom stereocenters. The van der Waals surface area contributed by atoms with E-state index in [9.17, 15) is 9.90 Å². The minimum absolute atomic E-state index is 0.0553. The fourth-order valence-corrected chi connectivity index (χ4v) is 3.24. The molecule has 2 aromatic heterocycles. The Labute approximate surface area is 152 Å². The minimum atomic E-state index is -0.744. The number of aliphatic carboxylic acids is 1. The topological polar surface area (TPSA) is 120 Å². The number of hydrogen-bond donors (Lipinski definition) is 4. The lowest BCUT2D eigenvalue weighted by atomic mass is 10.1. The standard InChI is InChI=1S/C18H25N5O3/c1-9(2)20-16-15-12(7-14(22-16)10(3)24)8-19-18(23-15)21-13-5-4-11(6-13)17(25)26/h7-11,13,24H,4-6H2,1-3H3,(H,20,22)(H,25,26)(H,19,21,23)/t10-,11+,13+/m1/s1. The first kappa shape index (κ1) is 18.3. The minimum Gasteiger partial charge on any atom is -0.481 e. The van der Waals surface area contributed by atoms with E-state index >= 15 is 0 Å². The first-order valence-corrected chi connectivity index (χ1v) is 8.95. The van der Waals surface area contributed by atoms with Gasteiger partial charge < -0.3 is 20.8 Å². The lowest BCUT2D eigenvalue weighted by Gasteiger charge is -2.16. The lowest BCUT2D eigenvalue weighted by Crippen LogP contribution is -2.19. The summed E-state index contributed by atoms with van der Waals surface area (Å²) in [5.41, 5.74) is 1.23. The van der Waals surface area contributed by atoms with Crippen LogP contribution < -0.4 is 10.6 Å². The molecule has 0 aliphatic heterocycles. The van der Waals surface area contributed by atoms with Gasteiger partial charge in [-0.25, -0.2) is 15.0 Å². The molecule has 4 N–H and O–H groups in total. The predicted molar refractivity (Wildman–Crippen MR) is 99.1 cm³/mol. The van der Waals surface area contributed by atoms with E-state index in [1.54, 1.807) is 19.2 Å². The number of aromatic nitrogens is 3. The monoisotopic (exact) mass is 359 g/mol. The van der Waals surface area contributed by atoms with Crippen LogP contribution in [0.2, 0.25) is 0 Å². The van der Waals surface area contributed by atoms with Gasteiger partial charge in [-0.05, 0) is 46.1 Å². The molecule has 3 atom stereocenters. The van der Waals surface area contributed by atoms with Gasteiger partial charge in [-0.1, -0.05) is 0 Å². The summed E-state index contributed by atoms with van der Waals surface area (Å²) in [6.07, 6.45) is 3.05. The molecule has 0 aromatic carbocycles. The molecule has 8 nitrogen and oxygen atoms in total. The van der Waals surface area contributed by atoms with Gasteiger partial charge in [0.2, 0.25) is 5.95 Å². The van der Waals surface area contributed by atoms with Crippen LogP contribution in [-0.4, -0.2) is 43.2 Å². The van der Waals surface area contributed by atoms with Crippen LogP contribution in [-0.2, 0) is 4.79 Å². The number of hydrogen-bond acceptors (Lipinski definition) is 7. The fraction of sp³-hybridized carbons (Fsp3) is 0.556. The summed E-state index contributed by atoms with van der Waals surface area (Å²) in [4.78, 5) is 24.5. The van der Waals surface area contributed by atoms with Crippen molar-refractivity contribution < 1.29 is 15.0 Å². The van der Waals surface area contributed by atoms with Gasteiger partial charge in [-0.2, -0.15) is 0 Å². The molecule has 0 amide bonds. The van der Waals surface area contributed by atoms with E-state index in [-0.39, 0.29) is 18.0 Å². The van der Waals surface area contributed by atoms with Crippen molar-refractivity contribution >= 4 is 28.6 Å². The third kappa shape index (κ3) is 4.01. The summed E-state index contributed by atoms with van der Waals surface area (Å²) < 4.78 is 0. The Hall–Kier alpha value is -2.48. The lowest BCUT2D eigenvalue weighted by molar-refractivity contribution is -0.141. The maximum Gasteiger partial charge on any atom is 0.306 e. The molecule has 1 aliphatic rings. The van der Waals surface area contributed by atoms with Crippen molar-refractivity contribution in [3.8, 4) is 0 Å². The molecule has 26 heavy (non-hydrogen) atoms. The van der Waals surface area contributed by atoms with E-state index < -0.39 is 12.1 Å². The quantitative estimate of drug-likeness (QED) is 0.621. The number of nitrogens with one attached hydrogen (secondary N) is 2. The molecule has 2 aromatic rings. The molecule has 0 radical (unpaired) electrons. The Balaban J connectivity index is 1.89. The summed E-state index contributed by atoms with van der Waals surface area (Å²) in [6, 6.07) is 2.00. The SMILES string of the molecule is CC(C)Nc1nc([C@@H](C)O)cc2cnc(N[C@H]3CC[C@H](C(=O)O)C3)nc12. The van der Waals surface area contributed by atoms with Gasteiger partial charge in [-0.3, -0.25) is 4.79 Å². The summed E-state index contributed by atoms with van der Waals surface area (Å²) in [6.45, 7) is 5.68. The number of pyridine rings is 1. The first-order valence-electron chi connectivity index (χ1n) is 8.95. The third-order valence-electron chi connectivity index (χ3n) is 4.55. The van der Waals surface area contributed by atoms with E-state index in [4.69, 9.17) is 5.11 Å². The van der Waals surface area contributed by atoms with Crippen molar-refractivity contribution in [2.24, 2.45) is 5.92 Å². The molecule has 1 saturated carbocycles. The van der Waals surface area contributed by atoms with Crippen molar-refractivity contribution in [3.05, 3.63) is 18.0 Å². The Morgan fingerprint density at radius 2 is 2.04 bits per heavy atom. The number of nitrogens with zero attached hydrogens (tertiary/aromatic N) is 3. The third-order valence-corrected chi connectivity index (χ3v) is 4.55. The van der Waals surface area contributed by atoms with Gasteiger partial charge in [0.1, 0.15) is 5.52 Å². The summed E-state index contributed by atoms with van der Waals surface area (Å²) in [5, 5.41) is 26.3. The van der Waals surface area contributed by atoms with Crippen LogP contribution in [0, 0.1) is 5.92 Å². The number of carbonyl (C=O) groups is 1. The summed E-state index contributed by atoms with van der Waals surface area (Å²) >= 11 is 0. The molecule has 0 saturated heterocycles. The first-order chi connectivity index (χ1) is 12.3. The molecular weight excluding hydrogens is 334 g/mol. The molecule has 1 aliphatic carbocycles. The molecule has 0 bridgehead atoms. The number of rotatable bonds is 6. The van der Waals surface area contributed by atoms with Crippen molar-refractivity contribution in [2.75, 3.05) is 10.6 Å². The Morgan fingerprint density at radius 3 is 2.65 bits per heavy atom. The van der Waals surface area contributed by atoms with Crippen molar-refractivity contribution in [1.29, 1.82) is 0 Å². The van der Waals surface area contributed by atoms with Gasteiger partial charge in [0.25, 0.3) is 0 Å². The normalized spacial score (nSPS) is 21.1. The highest BCUT2D eigenvalue weighted by molar-refractivity contribution is 5.89. The van der Waals surface area contributed by atoms with E-state index in [1.165, 1.54) is 0 Å². The highest BCUT2D eigenvalue weighted by atomic mass is 16.4. The zero-order valence-corrected chi connectivity index (χ0v) is 15.2. The number of carboxylic acid groups (broad SMARTS) is 1. The Bertz CT molecular complexity index is 809. The van der Waals surface area contributed by atoms with Crippen LogP contribution in [0.1, 0.15) is 51.8 Å². The van der Waals surface area contributed by atoms with E-state index in [0.29, 0.717) is 35.8 Å². The highest BCUT2D eigenvalue weighted by Gasteiger charge is 2.30. The van der Waals surface area contributed by atoms with Crippen LogP contribution in [0.4, 0.5) is 11.8 Å². The second-order valence-corrected chi connectivity index (χ2v) is 7.19.